The number of ether oxygens (including phenoxy) is 1. The number of rotatable bonds is 8. The number of carbonyl (C=O) groups is 2. The maximum Gasteiger partial charge on any atom is 0.257 e. The Labute approximate surface area is 218 Å². The zero-order valence-corrected chi connectivity index (χ0v) is 21.5. The van der Waals surface area contributed by atoms with Gasteiger partial charge >= 0.3 is 0 Å². The fourth-order valence-electron chi connectivity index (χ4n) is 3.50. The predicted octanol–water partition coefficient (Wildman–Crippen LogP) is 7.48. The number of hydrogen-bond acceptors (Lipinski definition) is 4. The number of hydrogen-bond donors (Lipinski definition) is 3. The van der Waals surface area contributed by atoms with Gasteiger partial charge in [-0.3, -0.25) is 9.59 Å². The van der Waals surface area contributed by atoms with Gasteiger partial charge in [0.15, 0.2) is 0 Å². The Morgan fingerprint density at radius 2 is 1.36 bits per heavy atom. The van der Waals surface area contributed by atoms with Crippen molar-refractivity contribution < 1.29 is 14.3 Å². The lowest BCUT2D eigenvalue weighted by molar-refractivity contribution is 0.102. The molecule has 0 aliphatic heterocycles. The van der Waals surface area contributed by atoms with E-state index in [9.17, 15) is 9.59 Å². The van der Waals surface area contributed by atoms with E-state index in [1.807, 2.05) is 68.4 Å². The summed E-state index contributed by atoms with van der Waals surface area (Å²) in [5.74, 6) is 0.00577. The minimum absolute atomic E-state index is 0.0164. The van der Waals surface area contributed by atoms with E-state index in [0.717, 1.165) is 11.4 Å². The SMILES string of the molecule is CC(C)Oc1ccc(C(=O)Nc2ccccc2C(=O)Nc2ccc(Nc3ccccc3)cc2)cc1Br. The van der Waals surface area contributed by atoms with Gasteiger partial charge in [0, 0.05) is 22.6 Å². The Bertz CT molecular complexity index is 1360. The van der Waals surface area contributed by atoms with Gasteiger partial charge in [-0.1, -0.05) is 30.3 Å². The molecular weight excluding hydrogens is 518 g/mol. The molecule has 4 aromatic carbocycles. The first-order valence-electron chi connectivity index (χ1n) is 11.5. The average Bonchev–Trinajstić information content (AvgIpc) is 2.87. The number of nitrogens with one attached hydrogen (secondary N) is 3. The third kappa shape index (κ3) is 6.52. The van der Waals surface area contributed by atoms with Crippen molar-refractivity contribution in [3.05, 3.63) is 113 Å². The van der Waals surface area contributed by atoms with Gasteiger partial charge in [0.1, 0.15) is 5.75 Å². The van der Waals surface area contributed by atoms with E-state index in [4.69, 9.17) is 4.74 Å². The summed E-state index contributed by atoms with van der Waals surface area (Å²) < 4.78 is 6.39. The molecular formula is C29H26BrN3O3. The Morgan fingerprint density at radius 3 is 2.06 bits per heavy atom. The third-order valence-electron chi connectivity index (χ3n) is 5.18. The van der Waals surface area contributed by atoms with Crippen LogP contribution in [0.2, 0.25) is 0 Å². The predicted molar refractivity (Wildman–Crippen MR) is 148 cm³/mol. The van der Waals surface area contributed by atoms with E-state index >= 15 is 0 Å². The van der Waals surface area contributed by atoms with Gasteiger partial charge in [-0.25, -0.2) is 0 Å². The second-order valence-electron chi connectivity index (χ2n) is 8.33. The van der Waals surface area contributed by atoms with Crippen molar-refractivity contribution in [1.29, 1.82) is 0 Å². The number of benzene rings is 4. The highest BCUT2D eigenvalue weighted by atomic mass is 79.9. The molecule has 6 nitrogen and oxygen atoms in total. The summed E-state index contributed by atoms with van der Waals surface area (Å²) in [5.41, 5.74) is 3.74. The topological polar surface area (TPSA) is 79.5 Å². The van der Waals surface area contributed by atoms with Crippen LogP contribution < -0.4 is 20.7 Å². The Hall–Kier alpha value is -4.10. The van der Waals surface area contributed by atoms with Crippen LogP contribution in [-0.4, -0.2) is 17.9 Å². The van der Waals surface area contributed by atoms with Gasteiger partial charge in [-0.05, 0) is 96.5 Å². The van der Waals surface area contributed by atoms with Gasteiger partial charge in [-0.2, -0.15) is 0 Å². The maximum atomic E-state index is 13.0. The van der Waals surface area contributed by atoms with E-state index in [1.165, 1.54) is 0 Å². The highest BCUT2D eigenvalue weighted by Gasteiger charge is 2.16. The fourth-order valence-corrected chi connectivity index (χ4v) is 3.97. The normalized spacial score (nSPS) is 10.6. The van der Waals surface area contributed by atoms with Crippen LogP contribution >= 0.6 is 15.9 Å². The van der Waals surface area contributed by atoms with Gasteiger partial charge in [0.2, 0.25) is 0 Å². The van der Waals surface area contributed by atoms with Gasteiger partial charge in [-0.15, -0.1) is 0 Å². The van der Waals surface area contributed by atoms with Crippen molar-refractivity contribution in [3.8, 4) is 5.75 Å². The molecule has 0 saturated carbocycles. The first kappa shape index (κ1) is 25.0. The minimum atomic E-state index is -0.330. The molecule has 0 spiro atoms. The zero-order valence-electron chi connectivity index (χ0n) is 19.9. The molecule has 0 aliphatic carbocycles. The molecule has 0 atom stereocenters. The molecule has 0 saturated heterocycles. The van der Waals surface area contributed by atoms with Crippen molar-refractivity contribution in [2.45, 2.75) is 20.0 Å². The second-order valence-corrected chi connectivity index (χ2v) is 9.19. The van der Waals surface area contributed by atoms with E-state index in [2.05, 4.69) is 31.9 Å². The molecule has 182 valence electrons. The van der Waals surface area contributed by atoms with Crippen LogP contribution in [-0.2, 0) is 0 Å². The average molecular weight is 544 g/mol. The lowest BCUT2D eigenvalue weighted by atomic mass is 10.1. The number of anilines is 4. The molecule has 36 heavy (non-hydrogen) atoms. The molecule has 0 aliphatic rings. The molecule has 7 heteroatoms. The summed E-state index contributed by atoms with van der Waals surface area (Å²) in [7, 11) is 0. The number of para-hydroxylation sites is 2. The van der Waals surface area contributed by atoms with Gasteiger partial charge in [0.25, 0.3) is 11.8 Å². The van der Waals surface area contributed by atoms with Crippen molar-refractivity contribution in [1.82, 2.24) is 0 Å². The van der Waals surface area contributed by atoms with Crippen molar-refractivity contribution in [3.63, 3.8) is 0 Å². The lowest BCUT2D eigenvalue weighted by Crippen LogP contribution is -2.18. The Kier molecular flexibility index (Phi) is 8.02. The molecule has 0 aromatic heterocycles. The van der Waals surface area contributed by atoms with Crippen molar-refractivity contribution in [2.75, 3.05) is 16.0 Å². The molecule has 0 unspecified atom stereocenters. The smallest absolute Gasteiger partial charge is 0.257 e. The van der Waals surface area contributed by atoms with Crippen LogP contribution in [0.15, 0.2) is 102 Å². The molecule has 2 amide bonds. The molecule has 4 aromatic rings. The highest BCUT2D eigenvalue weighted by Crippen LogP contribution is 2.28. The van der Waals surface area contributed by atoms with E-state index in [0.29, 0.717) is 32.7 Å². The first-order valence-corrected chi connectivity index (χ1v) is 12.3. The van der Waals surface area contributed by atoms with Crippen LogP contribution in [0.4, 0.5) is 22.7 Å². The van der Waals surface area contributed by atoms with Crippen molar-refractivity contribution in [2.24, 2.45) is 0 Å². The minimum Gasteiger partial charge on any atom is -0.490 e. The lowest BCUT2D eigenvalue weighted by Gasteiger charge is -2.14. The standard InChI is InChI=1S/C29H26BrN3O3/c1-19(2)36-27-17-12-20(18-25(27)30)28(34)33-26-11-7-6-10-24(26)29(35)32-23-15-13-22(14-16-23)31-21-8-4-3-5-9-21/h3-19,31H,1-2H3,(H,32,35)(H,33,34). The van der Waals surface area contributed by atoms with E-state index in [1.54, 1.807) is 42.5 Å². The Morgan fingerprint density at radius 1 is 0.722 bits per heavy atom. The molecule has 0 radical (unpaired) electrons. The molecule has 0 heterocycles. The third-order valence-corrected chi connectivity index (χ3v) is 5.80. The summed E-state index contributed by atoms with van der Waals surface area (Å²) in [5, 5.41) is 9.05. The van der Waals surface area contributed by atoms with Crippen LogP contribution in [0.1, 0.15) is 34.6 Å². The van der Waals surface area contributed by atoms with E-state index in [-0.39, 0.29) is 17.9 Å². The zero-order chi connectivity index (χ0) is 25.5. The van der Waals surface area contributed by atoms with Crippen LogP contribution in [0.3, 0.4) is 0 Å². The van der Waals surface area contributed by atoms with Crippen LogP contribution in [0, 0.1) is 0 Å². The quantitative estimate of drug-likeness (QED) is 0.215. The highest BCUT2D eigenvalue weighted by molar-refractivity contribution is 9.10. The number of amides is 2. The van der Waals surface area contributed by atoms with Crippen LogP contribution in [0.25, 0.3) is 0 Å². The van der Waals surface area contributed by atoms with Gasteiger partial charge in [0.05, 0.1) is 21.8 Å². The molecule has 0 bridgehead atoms. The molecule has 0 fully saturated rings. The van der Waals surface area contributed by atoms with Crippen LogP contribution in [0.5, 0.6) is 5.75 Å². The summed E-state index contributed by atoms with van der Waals surface area (Å²) in [6.07, 6.45) is 0.0164. The van der Waals surface area contributed by atoms with Gasteiger partial charge < -0.3 is 20.7 Å². The fraction of sp³-hybridized carbons (Fsp3) is 0.103. The first-order chi connectivity index (χ1) is 17.4. The Balaban J connectivity index is 1.44. The molecule has 3 N–H and O–H groups in total. The summed E-state index contributed by atoms with van der Waals surface area (Å²) in [6.45, 7) is 3.87. The second kappa shape index (κ2) is 11.6. The monoisotopic (exact) mass is 543 g/mol. The summed E-state index contributed by atoms with van der Waals surface area (Å²) in [6, 6.07) is 29.3. The van der Waals surface area contributed by atoms with Crippen molar-refractivity contribution >= 4 is 50.5 Å². The number of carbonyl (C=O) groups excluding carboxylic acids is 2. The largest absolute Gasteiger partial charge is 0.490 e. The number of halogens is 1. The maximum absolute atomic E-state index is 13.0. The summed E-state index contributed by atoms with van der Waals surface area (Å²) in [4.78, 5) is 25.9. The molecule has 4 rings (SSSR count). The van der Waals surface area contributed by atoms with E-state index < -0.39 is 0 Å². The summed E-state index contributed by atoms with van der Waals surface area (Å²) >= 11 is 3.45.